The maximum Gasteiger partial charge on any atom is 0.189 e. The molecule has 5 heteroatoms. The third-order valence-corrected chi connectivity index (χ3v) is 4.58. The number of hydrogen-bond acceptors (Lipinski definition) is 3. The lowest BCUT2D eigenvalue weighted by atomic mass is 9.86. The van der Waals surface area contributed by atoms with E-state index in [1.54, 1.807) is 29.1 Å². The standard InChI is InChI=1S/C20H15ClN2O2/c21-16-3-5-17(6-4-16)23-12-13(11-22-23)9-15-2-1-14-10-18(24)7-8-19(14)20(15)25/h3-12,24H,1-2H2/b15-9-. The summed E-state index contributed by atoms with van der Waals surface area (Å²) in [6.07, 6.45) is 6.91. The van der Waals surface area contributed by atoms with E-state index in [1.807, 2.05) is 36.5 Å². The summed E-state index contributed by atoms with van der Waals surface area (Å²) < 4.78 is 1.75. The third kappa shape index (κ3) is 3.08. The van der Waals surface area contributed by atoms with E-state index in [4.69, 9.17) is 11.6 Å². The Morgan fingerprint density at radius 3 is 2.72 bits per heavy atom. The maximum absolute atomic E-state index is 12.7. The lowest BCUT2D eigenvalue weighted by Gasteiger charge is -2.17. The molecular weight excluding hydrogens is 336 g/mol. The minimum absolute atomic E-state index is 0.0143. The number of ketones is 1. The second-order valence-electron chi connectivity index (χ2n) is 6.03. The molecule has 0 bridgehead atoms. The molecule has 0 amide bonds. The molecule has 2 aromatic carbocycles. The Morgan fingerprint density at radius 1 is 1.12 bits per heavy atom. The maximum atomic E-state index is 12.7. The van der Waals surface area contributed by atoms with Gasteiger partial charge in [0.25, 0.3) is 0 Å². The van der Waals surface area contributed by atoms with Crippen LogP contribution >= 0.6 is 11.6 Å². The van der Waals surface area contributed by atoms with Gasteiger partial charge in [0.2, 0.25) is 0 Å². The van der Waals surface area contributed by atoms with Crippen molar-refractivity contribution in [2.24, 2.45) is 0 Å². The Hall–Kier alpha value is -2.85. The van der Waals surface area contributed by atoms with Crippen LogP contribution < -0.4 is 0 Å². The van der Waals surface area contributed by atoms with Gasteiger partial charge in [0, 0.05) is 27.9 Å². The molecule has 124 valence electrons. The number of rotatable bonds is 2. The number of fused-ring (bicyclic) bond motifs is 1. The van der Waals surface area contributed by atoms with E-state index in [0.29, 0.717) is 17.0 Å². The van der Waals surface area contributed by atoms with Crippen molar-refractivity contribution >= 4 is 23.5 Å². The van der Waals surface area contributed by atoms with Crippen molar-refractivity contribution in [3.63, 3.8) is 0 Å². The van der Waals surface area contributed by atoms with Gasteiger partial charge in [-0.05, 0) is 66.9 Å². The number of halogens is 1. The average Bonchev–Trinajstić information content (AvgIpc) is 3.06. The van der Waals surface area contributed by atoms with Gasteiger partial charge >= 0.3 is 0 Å². The number of aryl methyl sites for hydroxylation is 1. The second kappa shape index (κ2) is 6.22. The lowest BCUT2D eigenvalue weighted by Crippen LogP contribution is -2.13. The Balaban J connectivity index is 1.62. The highest BCUT2D eigenvalue weighted by atomic mass is 35.5. The SMILES string of the molecule is O=C1/C(=C\c2cnn(-c3ccc(Cl)cc3)c2)CCc2cc(O)ccc21. The third-order valence-electron chi connectivity index (χ3n) is 4.32. The molecule has 1 aliphatic rings. The van der Waals surface area contributed by atoms with E-state index in [1.165, 1.54) is 0 Å². The summed E-state index contributed by atoms with van der Waals surface area (Å²) in [4.78, 5) is 12.7. The highest BCUT2D eigenvalue weighted by Crippen LogP contribution is 2.29. The first-order valence-corrected chi connectivity index (χ1v) is 8.36. The van der Waals surface area contributed by atoms with Crippen LogP contribution in [0.15, 0.2) is 60.4 Å². The van der Waals surface area contributed by atoms with Crippen molar-refractivity contribution in [1.29, 1.82) is 0 Å². The minimum atomic E-state index is 0.0143. The van der Waals surface area contributed by atoms with Gasteiger partial charge in [0.15, 0.2) is 5.78 Å². The molecule has 0 atom stereocenters. The molecule has 0 radical (unpaired) electrons. The minimum Gasteiger partial charge on any atom is -0.508 e. The highest BCUT2D eigenvalue weighted by Gasteiger charge is 2.22. The van der Waals surface area contributed by atoms with Crippen LogP contribution in [-0.2, 0) is 6.42 Å². The van der Waals surface area contributed by atoms with E-state index in [0.717, 1.165) is 28.8 Å². The number of benzene rings is 2. The summed E-state index contributed by atoms with van der Waals surface area (Å²) in [7, 11) is 0. The number of phenolic OH excluding ortho intramolecular Hbond substituents is 1. The summed E-state index contributed by atoms with van der Waals surface area (Å²) in [5.74, 6) is 0.212. The predicted octanol–water partition coefficient (Wildman–Crippen LogP) is 4.44. The van der Waals surface area contributed by atoms with Gasteiger partial charge in [-0.2, -0.15) is 5.10 Å². The molecule has 0 unspecified atom stereocenters. The number of phenols is 1. The van der Waals surface area contributed by atoms with Crippen LogP contribution in [0.2, 0.25) is 5.02 Å². The summed E-state index contributed by atoms with van der Waals surface area (Å²) in [5.41, 5.74) is 4.11. The normalized spacial score (nSPS) is 15.4. The summed E-state index contributed by atoms with van der Waals surface area (Å²) in [6.45, 7) is 0. The molecule has 1 aliphatic carbocycles. The number of carbonyl (C=O) groups is 1. The van der Waals surface area contributed by atoms with Crippen molar-refractivity contribution in [3.05, 3.63) is 82.1 Å². The highest BCUT2D eigenvalue weighted by molar-refractivity contribution is 6.30. The fourth-order valence-corrected chi connectivity index (χ4v) is 3.18. The van der Waals surface area contributed by atoms with Gasteiger partial charge in [0.05, 0.1) is 11.9 Å². The zero-order valence-electron chi connectivity index (χ0n) is 13.3. The number of aromatic nitrogens is 2. The van der Waals surface area contributed by atoms with E-state index in [2.05, 4.69) is 5.10 Å². The van der Waals surface area contributed by atoms with Crippen LogP contribution in [0.3, 0.4) is 0 Å². The van der Waals surface area contributed by atoms with E-state index < -0.39 is 0 Å². The number of hydrogen-bond donors (Lipinski definition) is 1. The average molecular weight is 351 g/mol. The monoisotopic (exact) mass is 350 g/mol. The Bertz CT molecular complexity index is 987. The molecule has 0 saturated heterocycles. The molecule has 4 nitrogen and oxygen atoms in total. The van der Waals surface area contributed by atoms with Crippen LogP contribution in [0.5, 0.6) is 5.75 Å². The van der Waals surface area contributed by atoms with E-state index in [9.17, 15) is 9.90 Å². The van der Waals surface area contributed by atoms with Crippen molar-refractivity contribution < 1.29 is 9.90 Å². The molecule has 3 aromatic rings. The van der Waals surface area contributed by atoms with Crippen LogP contribution in [0, 0.1) is 0 Å². The van der Waals surface area contributed by atoms with Gasteiger partial charge in [0.1, 0.15) is 5.75 Å². The molecule has 1 aromatic heterocycles. The largest absolute Gasteiger partial charge is 0.508 e. The predicted molar refractivity (Wildman–Crippen MR) is 97.3 cm³/mol. The van der Waals surface area contributed by atoms with Crippen molar-refractivity contribution in [1.82, 2.24) is 9.78 Å². The molecule has 0 spiro atoms. The van der Waals surface area contributed by atoms with Gasteiger partial charge in [-0.3, -0.25) is 4.79 Å². The Kier molecular flexibility index (Phi) is 3.90. The summed E-state index contributed by atoms with van der Waals surface area (Å²) in [5, 5.41) is 14.6. The molecule has 0 fully saturated rings. The second-order valence-corrected chi connectivity index (χ2v) is 6.47. The zero-order chi connectivity index (χ0) is 17.4. The Labute approximate surface area is 150 Å². The molecule has 1 heterocycles. The number of nitrogens with zero attached hydrogens (tertiary/aromatic N) is 2. The van der Waals surface area contributed by atoms with Crippen LogP contribution in [0.4, 0.5) is 0 Å². The fraction of sp³-hybridized carbons (Fsp3) is 0.100. The van der Waals surface area contributed by atoms with Gasteiger partial charge in [-0.25, -0.2) is 4.68 Å². The van der Waals surface area contributed by atoms with Crippen LogP contribution in [0.1, 0.15) is 27.9 Å². The zero-order valence-corrected chi connectivity index (χ0v) is 14.1. The first-order chi connectivity index (χ1) is 12.1. The van der Waals surface area contributed by atoms with Crippen LogP contribution in [0.25, 0.3) is 11.8 Å². The molecule has 0 saturated carbocycles. The molecule has 1 N–H and O–H groups in total. The number of Topliss-reactive ketones (excluding diaryl/α,β-unsaturated/α-hetero) is 1. The number of aromatic hydroxyl groups is 1. The number of carbonyl (C=O) groups excluding carboxylic acids is 1. The molecule has 4 rings (SSSR count). The summed E-state index contributed by atoms with van der Waals surface area (Å²) in [6, 6.07) is 12.3. The molecular formula is C20H15ClN2O2. The van der Waals surface area contributed by atoms with Gasteiger partial charge in [-0.15, -0.1) is 0 Å². The van der Waals surface area contributed by atoms with E-state index in [-0.39, 0.29) is 11.5 Å². The number of allylic oxidation sites excluding steroid dienone is 1. The van der Waals surface area contributed by atoms with Crippen molar-refractivity contribution in [2.75, 3.05) is 0 Å². The first kappa shape index (κ1) is 15.7. The Morgan fingerprint density at radius 2 is 1.92 bits per heavy atom. The fourth-order valence-electron chi connectivity index (χ4n) is 3.05. The topological polar surface area (TPSA) is 55.1 Å². The first-order valence-electron chi connectivity index (χ1n) is 7.98. The van der Waals surface area contributed by atoms with E-state index >= 15 is 0 Å². The molecule has 25 heavy (non-hydrogen) atoms. The summed E-state index contributed by atoms with van der Waals surface area (Å²) >= 11 is 5.91. The van der Waals surface area contributed by atoms with Crippen molar-refractivity contribution in [3.8, 4) is 11.4 Å². The molecule has 0 aliphatic heterocycles. The van der Waals surface area contributed by atoms with Gasteiger partial charge in [-0.1, -0.05) is 11.6 Å². The quantitative estimate of drug-likeness (QED) is 0.695. The smallest absolute Gasteiger partial charge is 0.189 e. The van der Waals surface area contributed by atoms with Crippen molar-refractivity contribution in [2.45, 2.75) is 12.8 Å². The van der Waals surface area contributed by atoms with Gasteiger partial charge < -0.3 is 5.11 Å². The lowest BCUT2D eigenvalue weighted by molar-refractivity contribution is 0.102. The van der Waals surface area contributed by atoms with Crippen LogP contribution in [-0.4, -0.2) is 20.7 Å².